The molecule has 1 aliphatic heterocycles. The summed E-state index contributed by atoms with van der Waals surface area (Å²) in [6, 6.07) is 7.97. The number of fused-ring (bicyclic) bond motifs is 1. The van der Waals surface area contributed by atoms with Crippen LogP contribution in [-0.4, -0.2) is 54.4 Å². The SMILES string of the molecule is CCCC/C=N/N=C/c1cccc(NC(=O)c2cc3c(cc2F)CCN(C(=O)CCOC)C3)n1. The molecular formula is C25H30FN5O3. The third-order valence-corrected chi connectivity index (χ3v) is 5.46. The molecule has 0 saturated carbocycles. The minimum atomic E-state index is -0.609. The minimum Gasteiger partial charge on any atom is -0.384 e. The summed E-state index contributed by atoms with van der Waals surface area (Å²) in [7, 11) is 1.55. The molecule has 0 bridgehead atoms. The van der Waals surface area contributed by atoms with Gasteiger partial charge in [0, 0.05) is 26.4 Å². The molecule has 2 amide bonds. The second-order valence-corrected chi connectivity index (χ2v) is 8.00. The number of halogens is 1. The van der Waals surface area contributed by atoms with E-state index in [1.165, 1.54) is 18.3 Å². The Bertz CT molecular complexity index is 1070. The standard InChI is InChI=1S/C25H30FN5O3/c1-3-4-5-11-27-28-16-20-7-6-8-23(29-20)30-25(33)21-14-19-17-31(24(32)10-13-34-2)12-9-18(19)15-22(21)26/h6-8,11,14-16H,3-5,9-10,12-13,17H2,1-2H3,(H,29,30,33)/b27-11+,28-16+. The summed E-state index contributed by atoms with van der Waals surface area (Å²) in [6.07, 6.45) is 7.08. The van der Waals surface area contributed by atoms with E-state index in [9.17, 15) is 14.0 Å². The number of pyridine rings is 1. The molecule has 1 aromatic carbocycles. The van der Waals surface area contributed by atoms with Gasteiger partial charge >= 0.3 is 0 Å². The van der Waals surface area contributed by atoms with Crippen LogP contribution in [0.4, 0.5) is 10.2 Å². The van der Waals surface area contributed by atoms with Crippen molar-refractivity contribution in [2.75, 3.05) is 25.6 Å². The zero-order chi connectivity index (χ0) is 24.3. The molecule has 0 spiro atoms. The van der Waals surface area contributed by atoms with Crippen molar-refractivity contribution in [3.8, 4) is 0 Å². The molecule has 1 N–H and O–H groups in total. The van der Waals surface area contributed by atoms with Crippen LogP contribution in [0.15, 0.2) is 40.5 Å². The molecule has 2 heterocycles. The average Bonchev–Trinajstić information content (AvgIpc) is 2.84. The Balaban J connectivity index is 1.68. The van der Waals surface area contributed by atoms with Crippen LogP contribution in [0.3, 0.4) is 0 Å². The van der Waals surface area contributed by atoms with Gasteiger partial charge in [0.25, 0.3) is 5.91 Å². The molecule has 3 rings (SSSR count). The Morgan fingerprint density at radius 1 is 1.26 bits per heavy atom. The van der Waals surface area contributed by atoms with E-state index >= 15 is 0 Å². The molecule has 0 aliphatic carbocycles. The van der Waals surface area contributed by atoms with Crippen LogP contribution >= 0.6 is 0 Å². The number of aromatic nitrogens is 1. The summed E-state index contributed by atoms with van der Waals surface area (Å²) < 4.78 is 19.7. The van der Waals surface area contributed by atoms with Crippen LogP contribution in [-0.2, 0) is 22.5 Å². The lowest BCUT2D eigenvalue weighted by Crippen LogP contribution is -2.36. The van der Waals surface area contributed by atoms with Gasteiger partial charge in [0.2, 0.25) is 5.91 Å². The predicted molar refractivity (Wildman–Crippen MR) is 130 cm³/mol. The zero-order valence-electron chi connectivity index (χ0n) is 19.6. The van der Waals surface area contributed by atoms with Crippen molar-refractivity contribution in [3.63, 3.8) is 0 Å². The topological polar surface area (TPSA) is 96.2 Å². The Hall–Kier alpha value is -3.46. The van der Waals surface area contributed by atoms with Gasteiger partial charge in [-0.15, -0.1) is 0 Å². The van der Waals surface area contributed by atoms with Crippen LogP contribution in [0.2, 0.25) is 0 Å². The van der Waals surface area contributed by atoms with Crippen molar-refractivity contribution in [3.05, 3.63) is 58.5 Å². The molecular weight excluding hydrogens is 437 g/mol. The van der Waals surface area contributed by atoms with Crippen molar-refractivity contribution in [1.29, 1.82) is 0 Å². The summed E-state index contributed by atoms with van der Waals surface area (Å²) in [5.74, 6) is -0.963. The van der Waals surface area contributed by atoms with E-state index in [-0.39, 0.29) is 23.7 Å². The Morgan fingerprint density at radius 3 is 2.91 bits per heavy atom. The lowest BCUT2D eigenvalue weighted by Gasteiger charge is -2.29. The second-order valence-electron chi connectivity index (χ2n) is 8.00. The first-order chi connectivity index (χ1) is 16.5. The highest BCUT2D eigenvalue weighted by molar-refractivity contribution is 6.04. The third kappa shape index (κ3) is 7.02. The van der Waals surface area contributed by atoms with Crippen LogP contribution in [0.25, 0.3) is 0 Å². The molecule has 0 unspecified atom stereocenters. The van der Waals surface area contributed by atoms with Gasteiger partial charge < -0.3 is 15.0 Å². The fraction of sp³-hybridized carbons (Fsp3) is 0.400. The monoisotopic (exact) mass is 467 g/mol. The van der Waals surface area contributed by atoms with Crippen molar-refractivity contribution < 1.29 is 18.7 Å². The maximum atomic E-state index is 14.7. The summed E-state index contributed by atoms with van der Waals surface area (Å²) in [5.41, 5.74) is 1.99. The van der Waals surface area contributed by atoms with Crippen LogP contribution in [0.5, 0.6) is 0 Å². The number of carbonyl (C=O) groups is 2. The number of ether oxygens (including phenoxy) is 1. The number of anilines is 1. The number of nitrogens with one attached hydrogen (secondary N) is 1. The maximum absolute atomic E-state index is 14.7. The fourth-order valence-corrected chi connectivity index (χ4v) is 3.58. The molecule has 1 aromatic heterocycles. The minimum absolute atomic E-state index is 0.0276. The number of unbranched alkanes of at least 4 members (excludes halogenated alkanes) is 2. The number of hydrogen-bond donors (Lipinski definition) is 1. The predicted octanol–water partition coefficient (Wildman–Crippen LogP) is 3.99. The third-order valence-electron chi connectivity index (χ3n) is 5.46. The Kier molecular flexibility index (Phi) is 9.40. The van der Waals surface area contributed by atoms with E-state index in [0.717, 1.165) is 30.4 Å². The molecule has 1 aliphatic rings. The fourth-order valence-electron chi connectivity index (χ4n) is 3.58. The van der Waals surface area contributed by atoms with E-state index in [0.29, 0.717) is 31.8 Å². The van der Waals surface area contributed by atoms with Gasteiger partial charge in [0.1, 0.15) is 11.6 Å². The normalized spacial score (nSPS) is 13.4. The number of rotatable bonds is 10. The first-order valence-electron chi connectivity index (χ1n) is 11.4. The second kappa shape index (κ2) is 12.7. The van der Waals surface area contributed by atoms with Gasteiger partial charge in [-0.1, -0.05) is 19.4 Å². The molecule has 8 nitrogen and oxygen atoms in total. The quantitative estimate of drug-likeness (QED) is 0.325. The number of hydrogen-bond acceptors (Lipinski definition) is 6. The summed E-state index contributed by atoms with van der Waals surface area (Å²) in [4.78, 5) is 31.2. The van der Waals surface area contributed by atoms with Crippen molar-refractivity contribution in [2.24, 2.45) is 10.2 Å². The number of nitrogens with zero attached hydrogens (tertiary/aromatic N) is 4. The van der Waals surface area contributed by atoms with Gasteiger partial charge in [-0.2, -0.15) is 10.2 Å². The van der Waals surface area contributed by atoms with Gasteiger partial charge in [0.05, 0.1) is 30.5 Å². The van der Waals surface area contributed by atoms with E-state index < -0.39 is 11.7 Å². The lowest BCUT2D eigenvalue weighted by molar-refractivity contribution is -0.133. The summed E-state index contributed by atoms with van der Waals surface area (Å²) in [6.45, 7) is 3.31. The highest BCUT2D eigenvalue weighted by atomic mass is 19.1. The molecule has 0 fully saturated rings. The Morgan fingerprint density at radius 2 is 2.12 bits per heavy atom. The van der Waals surface area contributed by atoms with Gasteiger partial charge in [-0.05, 0) is 54.7 Å². The van der Waals surface area contributed by atoms with Gasteiger partial charge in [-0.3, -0.25) is 9.59 Å². The summed E-state index contributed by atoms with van der Waals surface area (Å²) in [5, 5.41) is 10.6. The average molecular weight is 468 g/mol. The summed E-state index contributed by atoms with van der Waals surface area (Å²) >= 11 is 0. The van der Waals surface area contributed by atoms with Crippen molar-refractivity contribution >= 4 is 30.1 Å². The number of benzene rings is 1. The molecule has 2 aromatic rings. The van der Waals surface area contributed by atoms with Crippen LogP contribution in [0.1, 0.15) is 59.8 Å². The lowest BCUT2D eigenvalue weighted by atomic mass is 9.96. The first kappa shape index (κ1) is 25.2. The highest BCUT2D eigenvalue weighted by Crippen LogP contribution is 2.24. The zero-order valence-corrected chi connectivity index (χ0v) is 19.6. The van der Waals surface area contributed by atoms with E-state index in [4.69, 9.17) is 4.74 Å². The highest BCUT2D eigenvalue weighted by Gasteiger charge is 2.24. The number of carbonyl (C=O) groups excluding carboxylic acids is 2. The van der Waals surface area contributed by atoms with Crippen LogP contribution < -0.4 is 5.32 Å². The molecule has 0 atom stereocenters. The smallest absolute Gasteiger partial charge is 0.259 e. The van der Waals surface area contributed by atoms with E-state index in [1.54, 1.807) is 36.4 Å². The first-order valence-corrected chi connectivity index (χ1v) is 11.4. The molecule has 9 heteroatoms. The van der Waals surface area contributed by atoms with Crippen molar-refractivity contribution in [1.82, 2.24) is 9.88 Å². The van der Waals surface area contributed by atoms with E-state index in [2.05, 4.69) is 27.4 Å². The maximum Gasteiger partial charge on any atom is 0.259 e. The number of amides is 2. The van der Waals surface area contributed by atoms with Crippen molar-refractivity contribution in [2.45, 2.75) is 45.6 Å². The van der Waals surface area contributed by atoms with Crippen LogP contribution in [0, 0.1) is 5.82 Å². The number of methoxy groups -OCH3 is 1. The van der Waals surface area contributed by atoms with E-state index in [1.807, 2.05) is 0 Å². The molecule has 0 saturated heterocycles. The largest absolute Gasteiger partial charge is 0.384 e. The Labute approximate surface area is 198 Å². The molecule has 0 radical (unpaired) electrons. The van der Waals surface area contributed by atoms with Gasteiger partial charge in [-0.25, -0.2) is 9.37 Å². The molecule has 34 heavy (non-hydrogen) atoms. The van der Waals surface area contributed by atoms with Gasteiger partial charge in [0.15, 0.2) is 0 Å². The molecule has 180 valence electrons.